The lowest BCUT2D eigenvalue weighted by Gasteiger charge is -2.34. The number of nitrogens with one attached hydrogen (secondary N) is 1. The van der Waals surface area contributed by atoms with Crippen molar-refractivity contribution in [2.24, 2.45) is 0 Å². The van der Waals surface area contributed by atoms with E-state index in [-0.39, 0.29) is 9.92 Å². The van der Waals surface area contributed by atoms with Crippen LogP contribution < -0.4 is 10.2 Å². The quantitative estimate of drug-likeness (QED) is 0.596. The van der Waals surface area contributed by atoms with Crippen LogP contribution in [0.2, 0.25) is 10.0 Å². The minimum absolute atomic E-state index is 0.0232. The van der Waals surface area contributed by atoms with Crippen LogP contribution in [0.15, 0.2) is 53.6 Å². The highest BCUT2D eigenvalue weighted by Gasteiger charge is 2.30. The molecule has 0 atom stereocenters. The molecule has 11 heteroatoms. The summed E-state index contributed by atoms with van der Waals surface area (Å²) in [6.45, 7) is 3.57. The summed E-state index contributed by atoms with van der Waals surface area (Å²) in [5.74, 6) is 1.96. The second-order valence-electron chi connectivity index (χ2n) is 7.09. The van der Waals surface area contributed by atoms with Crippen molar-refractivity contribution >= 4 is 50.7 Å². The first-order chi connectivity index (χ1) is 14.8. The summed E-state index contributed by atoms with van der Waals surface area (Å²) in [6.07, 6.45) is 1.73. The van der Waals surface area contributed by atoms with Gasteiger partial charge in [0.25, 0.3) is 0 Å². The lowest BCUT2D eigenvalue weighted by Crippen LogP contribution is -2.49. The summed E-state index contributed by atoms with van der Waals surface area (Å²) in [7, 11) is -3.73. The minimum Gasteiger partial charge on any atom is -0.352 e. The van der Waals surface area contributed by atoms with Gasteiger partial charge in [-0.05, 0) is 55.0 Å². The van der Waals surface area contributed by atoms with E-state index in [1.807, 2.05) is 36.1 Å². The molecule has 0 bridgehead atoms. The Morgan fingerprint density at radius 1 is 0.935 bits per heavy atom. The third kappa shape index (κ3) is 4.90. The van der Waals surface area contributed by atoms with Gasteiger partial charge in [0.1, 0.15) is 10.7 Å². The summed E-state index contributed by atoms with van der Waals surface area (Å²) in [5, 5.41) is 12.1. The Hall–Kier alpha value is -2.46. The van der Waals surface area contributed by atoms with E-state index in [9.17, 15) is 8.42 Å². The lowest BCUT2D eigenvalue weighted by molar-refractivity contribution is 0.383. The van der Waals surface area contributed by atoms with Gasteiger partial charge in [-0.25, -0.2) is 13.4 Å². The highest BCUT2D eigenvalue weighted by molar-refractivity contribution is 7.89. The number of rotatable bonds is 5. The molecule has 3 heterocycles. The maximum Gasteiger partial charge on any atom is 0.244 e. The van der Waals surface area contributed by atoms with Gasteiger partial charge in [0, 0.05) is 37.4 Å². The lowest BCUT2D eigenvalue weighted by atomic mass is 10.3. The van der Waals surface area contributed by atoms with Crippen molar-refractivity contribution in [3.05, 3.63) is 64.3 Å². The van der Waals surface area contributed by atoms with Crippen LogP contribution >= 0.6 is 23.2 Å². The number of anilines is 3. The molecular formula is C20H20Cl2N6O2S. The first kappa shape index (κ1) is 21.8. The number of pyridine rings is 1. The summed E-state index contributed by atoms with van der Waals surface area (Å²) >= 11 is 12.1. The van der Waals surface area contributed by atoms with Crippen LogP contribution in [0.25, 0.3) is 0 Å². The molecule has 4 rings (SSSR count). The molecule has 3 aromatic rings. The van der Waals surface area contributed by atoms with Crippen molar-refractivity contribution in [3.63, 3.8) is 0 Å². The van der Waals surface area contributed by atoms with E-state index in [4.69, 9.17) is 23.2 Å². The number of aromatic nitrogens is 3. The van der Waals surface area contributed by atoms with E-state index in [1.165, 1.54) is 16.4 Å². The van der Waals surface area contributed by atoms with Gasteiger partial charge >= 0.3 is 0 Å². The highest BCUT2D eigenvalue weighted by atomic mass is 35.5. The van der Waals surface area contributed by atoms with Gasteiger partial charge in [-0.2, -0.15) is 4.31 Å². The summed E-state index contributed by atoms with van der Waals surface area (Å²) < 4.78 is 27.3. The molecule has 1 aliphatic heterocycles. The molecule has 1 aromatic carbocycles. The van der Waals surface area contributed by atoms with E-state index in [1.54, 1.807) is 12.3 Å². The zero-order valence-corrected chi connectivity index (χ0v) is 19.0. The second kappa shape index (κ2) is 8.96. The Labute approximate surface area is 190 Å². The Morgan fingerprint density at radius 3 is 2.39 bits per heavy atom. The molecule has 1 saturated heterocycles. The average Bonchev–Trinajstić information content (AvgIpc) is 2.76. The SMILES string of the molecule is Cc1ccnc(Nc2ccc(N3CCN(S(=O)(=O)c4cc(Cl)ccc4Cl)CC3)nn2)c1. The summed E-state index contributed by atoms with van der Waals surface area (Å²) in [4.78, 5) is 6.26. The van der Waals surface area contributed by atoms with Crippen LogP contribution in [0, 0.1) is 6.92 Å². The Balaban J connectivity index is 1.41. The molecule has 0 spiro atoms. The van der Waals surface area contributed by atoms with E-state index >= 15 is 0 Å². The van der Waals surface area contributed by atoms with Crippen LogP contribution in [-0.4, -0.2) is 54.1 Å². The monoisotopic (exact) mass is 478 g/mol. The third-order valence-corrected chi connectivity index (χ3v) is 7.51. The Bertz CT molecular complexity index is 1180. The molecule has 8 nitrogen and oxygen atoms in total. The average molecular weight is 479 g/mol. The second-order valence-corrected chi connectivity index (χ2v) is 9.84. The van der Waals surface area contributed by atoms with Crippen LogP contribution in [0.1, 0.15) is 5.56 Å². The topological polar surface area (TPSA) is 91.3 Å². The fraction of sp³-hybridized carbons (Fsp3) is 0.250. The molecule has 0 saturated carbocycles. The predicted octanol–water partition coefficient (Wildman–Crippen LogP) is 3.74. The molecule has 0 unspecified atom stereocenters. The number of aryl methyl sites for hydroxylation is 1. The fourth-order valence-corrected chi connectivity index (χ4v) is 5.43. The van der Waals surface area contributed by atoms with E-state index in [2.05, 4.69) is 20.5 Å². The van der Waals surface area contributed by atoms with Crippen LogP contribution in [0.5, 0.6) is 0 Å². The minimum atomic E-state index is -3.73. The van der Waals surface area contributed by atoms with Gasteiger partial charge in [0.15, 0.2) is 11.6 Å². The number of halogens is 2. The third-order valence-electron chi connectivity index (χ3n) is 4.90. The van der Waals surface area contributed by atoms with Gasteiger partial charge in [-0.15, -0.1) is 10.2 Å². The zero-order chi connectivity index (χ0) is 22.0. The van der Waals surface area contributed by atoms with Gasteiger partial charge < -0.3 is 10.2 Å². The summed E-state index contributed by atoms with van der Waals surface area (Å²) in [6, 6.07) is 11.9. The number of piperazine rings is 1. The van der Waals surface area contributed by atoms with Crippen molar-refractivity contribution in [3.8, 4) is 0 Å². The van der Waals surface area contributed by atoms with Gasteiger partial charge in [-0.1, -0.05) is 23.2 Å². The Morgan fingerprint density at radius 2 is 1.71 bits per heavy atom. The van der Waals surface area contributed by atoms with Crippen molar-refractivity contribution in [1.82, 2.24) is 19.5 Å². The van der Waals surface area contributed by atoms with Crippen molar-refractivity contribution in [2.75, 3.05) is 36.4 Å². The van der Waals surface area contributed by atoms with Crippen molar-refractivity contribution < 1.29 is 8.42 Å². The largest absolute Gasteiger partial charge is 0.352 e. The van der Waals surface area contributed by atoms with Gasteiger partial charge in [0.05, 0.1) is 5.02 Å². The fourth-order valence-electron chi connectivity index (χ4n) is 3.27. The standard InChI is InChI=1S/C20H20Cl2N6O2S/c1-14-6-7-23-19(12-14)24-18-4-5-20(26-25-18)27-8-10-28(11-9-27)31(29,30)17-13-15(21)2-3-16(17)22/h2-7,12-13H,8-11H2,1H3,(H,23,24,25). The number of hydrogen-bond donors (Lipinski definition) is 1. The highest BCUT2D eigenvalue weighted by Crippen LogP contribution is 2.28. The molecule has 0 amide bonds. The maximum atomic E-state index is 13.0. The molecule has 2 aromatic heterocycles. The molecule has 1 fully saturated rings. The maximum absolute atomic E-state index is 13.0. The van der Waals surface area contributed by atoms with Crippen LogP contribution in [-0.2, 0) is 10.0 Å². The first-order valence-corrected chi connectivity index (χ1v) is 11.8. The van der Waals surface area contributed by atoms with Crippen molar-refractivity contribution in [1.29, 1.82) is 0 Å². The molecule has 1 aliphatic rings. The predicted molar refractivity (Wildman–Crippen MR) is 122 cm³/mol. The number of benzene rings is 1. The number of hydrogen-bond acceptors (Lipinski definition) is 7. The van der Waals surface area contributed by atoms with Gasteiger partial charge in [-0.3, -0.25) is 0 Å². The van der Waals surface area contributed by atoms with Crippen LogP contribution in [0.3, 0.4) is 0 Å². The zero-order valence-electron chi connectivity index (χ0n) is 16.7. The number of sulfonamides is 1. The smallest absolute Gasteiger partial charge is 0.244 e. The molecular weight excluding hydrogens is 459 g/mol. The molecule has 1 N–H and O–H groups in total. The first-order valence-electron chi connectivity index (χ1n) is 9.56. The van der Waals surface area contributed by atoms with E-state index < -0.39 is 10.0 Å². The molecule has 31 heavy (non-hydrogen) atoms. The normalized spacial score (nSPS) is 15.1. The molecule has 162 valence electrons. The molecule has 0 radical (unpaired) electrons. The van der Waals surface area contributed by atoms with Crippen molar-refractivity contribution in [2.45, 2.75) is 11.8 Å². The summed E-state index contributed by atoms with van der Waals surface area (Å²) in [5.41, 5.74) is 1.09. The van der Waals surface area contributed by atoms with E-state index in [0.29, 0.717) is 48.7 Å². The number of nitrogens with zero attached hydrogens (tertiary/aromatic N) is 5. The van der Waals surface area contributed by atoms with E-state index in [0.717, 1.165) is 5.56 Å². The molecule has 0 aliphatic carbocycles. The van der Waals surface area contributed by atoms with Gasteiger partial charge in [0.2, 0.25) is 10.0 Å². The Kier molecular flexibility index (Phi) is 6.29. The van der Waals surface area contributed by atoms with Crippen LogP contribution in [0.4, 0.5) is 17.5 Å².